The fourth-order valence-electron chi connectivity index (χ4n) is 6.79. The molecule has 4 saturated heterocycles. The predicted molar refractivity (Wildman–Crippen MR) is 153 cm³/mol. The Morgan fingerprint density at radius 2 is 2.00 bits per heavy atom. The van der Waals surface area contributed by atoms with Gasteiger partial charge in [-0.05, 0) is 32.6 Å². The topological polar surface area (TPSA) is 138 Å². The Bertz CT molecular complexity index is 1020. The Labute approximate surface area is 248 Å². The van der Waals surface area contributed by atoms with Gasteiger partial charge in [0.15, 0.2) is 0 Å². The van der Waals surface area contributed by atoms with Crippen LogP contribution in [-0.2, 0) is 33.4 Å². The minimum absolute atomic E-state index is 0.138. The number of morpholine rings is 1. The molecular formula is C30H46N4O8. The van der Waals surface area contributed by atoms with Crippen LogP contribution in [0.4, 0.5) is 0 Å². The third kappa shape index (κ3) is 6.72. The molecule has 0 aliphatic carbocycles. The number of carbonyl (C=O) groups excluding carboxylic acids is 4. The molecule has 0 aromatic rings. The van der Waals surface area contributed by atoms with Crippen LogP contribution in [0.5, 0.6) is 0 Å². The van der Waals surface area contributed by atoms with Gasteiger partial charge in [-0.2, -0.15) is 0 Å². The monoisotopic (exact) mass is 590 g/mol. The van der Waals surface area contributed by atoms with Crippen molar-refractivity contribution < 1.29 is 38.5 Å². The zero-order chi connectivity index (χ0) is 30.3. The van der Waals surface area contributed by atoms with E-state index < -0.39 is 41.7 Å². The Hall–Kier alpha value is -2.80. The van der Waals surface area contributed by atoms with Crippen LogP contribution in [0, 0.1) is 11.8 Å². The first kappa shape index (κ1) is 32.1. The highest BCUT2D eigenvalue weighted by Gasteiger charge is 2.75. The molecule has 4 heterocycles. The van der Waals surface area contributed by atoms with Gasteiger partial charge < -0.3 is 34.4 Å². The average molecular weight is 591 g/mol. The normalized spacial score (nSPS) is 29.2. The van der Waals surface area contributed by atoms with Crippen molar-refractivity contribution in [1.82, 2.24) is 20.0 Å². The van der Waals surface area contributed by atoms with E-state index in [0.717, 1.165) is 13.1 Å². The van der Waals surface area contributed by atoms with Gasteiger partial charge in [0.1, 0.15) is 17.7 Å². The van der Waals surface area contributed by atoms with E-state index in [1.54, 1.807) is 24.0 Å². The number of hydrogen-bond acceptors (Lipinski definition) is 9. The number of esters is 1. The minimum Gasteiger partial charge on any atom is -0.460 e. The molecule has 3 amide bonds. The molecule has 0 saturated carbocycles. The second-order valence-corrected chi connectivity index (χ2v) is 11.6. The summed E-state index contributed by atoms with van der Waals surface area (Å²) < 4.78 is 17.6. The summed E-state index contributed by atoms with van der Waals surface area (Å²) in [4.78, 5) is 59.2. The van der Waals surface area contributed by atoms with Crippen molar-refractivity contribution in [3.63, 3.8) is 0 Å². The maximum absolute atomic E-state index is 14.3. The number of amides is 3. The maximum atomic E-state index is 14.3. The van der Waals surface area contributed by atoms with Gasteiger partial charge in [0.2, 0.25) is 17.7 Å². The molecule has 0 aromatic heterocycles. The van der Waals surface area contributed by atoms with Crippen molar-refractivity contribution in [3.05, 3.63) is 25.3 Å². The number of rotatable bonds is 16. The number of allylic oxidation sites excluding steroid dienone is 1. The fourth-order valence-corrected chi connectivity index (χ4v) is 6.79. The van der Waals surface area contributed by atoms with Gasteiger partial charge in [-0.3, -0.25) is 24.1 Å². The largest absolute Gasteiger partial charge is 0.460 e. The van der Waals surface area contributed by atoms with E-state index in [9.17, 15) is 24.3 Å². The van der Waals surface area contributed by atoms with Gasteiger partial charge in [-0.25, -0.2) is 0 Å². The van der Waals surface area contributed by atoms with Gasteiger partial charge in [0, 0.05) is 52.3 Å². The molecule has 0 aromatic carbocycles. The van der Waals surface area contributed by atoms with Crippen LogP contribution in [0.15, 0.2) is 25.3 Å². The molecule has 0 unspecified atom stereocenters. The third-order valence-corrected chi connectivity index (χ3v) is 8.79. The van der Waals surface area contributed by atoms with E-state index >= 15 is 0 Å². The van der Waals surface area contributed by atoms with E-state index in [4.69, 9.17) is 14.2 Å². The standard InChI is InChI=1S/C30H46N4O8/c1-4-6-8-23(36)31-20-21(3)41-29(39)24-22-9-10-30(42-22)25(24)27(37)34(12-7-17-35)26(30)28(38)33(11-5-2)14-13-32-15-18-40-19-16-32/h4-5,21-22,24-26,35H,1-2,6-20H2,3H3,(H,31,36)/t21-,22+,24-,25-,26+,30-/m1/s1. The van der Waals surface area contributed by atoms with Gasteiger partial charge in [-0.15, -0.1) is 13.2 Å². The third-order valence-electron chi connectivity index (χ3n) is 8.79. The summed E-state index contributed by atoms with van der Waals surface area (Å²) in [5.74, 6) is -2.97. The number of likely N-dealkylation sites (tertiary alicyclic amines) is 1. The Morgan fingerprint density at radius 1 is 1.24 bits per heavy atom. The Balaban J connectivity index is 1.50. The van der Waals surface area contributed by atoms with Crippen molar-refractivity contribution in [2.24, 2.45) is 11.8 Å². The van der Waals surface area contributed by atoms with Gasteiger partial charge in [0.25, 0.3) is 0 Å². The molecular weight excluding hydrogens is 544 g/mol. The van der Waals surface area contributed by atoms with Crippen molar-refractivity contribution in [2.45, 2.75) is 62.9 Å². The number of fused-ring (bicyclic) bond motifs is 1. The minimum atomic E-state index is -1.14. The number of aliphatic hydroxyl groups excluding tert-OH is 1. The van der Waals surface area contributed by atoms with Crippen LogP contribution >= 0.6 is 0 Å². The smallest absolute Gasteiger partial charge is 0.312 e. The van der Waals surface area contributed by atoms with Crippen LogP contribution in [0.1, 0.15) is 39.0 Å². The van der Waals surface area contributed by atoms with Crippen molar-refractivity contribution in [3.8, 4) is 0 Å². The second kappa shape index (κ2) is 14.6. The summed E-state index contributed by atoms with van der Waals surface area (Å²) in [5, 5.41) is 12.3. The zero-order valence-corrected chi connectivity index (χ0v) is 24.7. The van der Waals surface area contributed by atoms with Crippen LogP contribution < -0.4 is 5.32 Å². The first-order chi connectivity index (χ1) is 20.3. The summed E-state index contributed by atoms with van der Waals surface area (Å²) in [5.41, 5.74) is -1.14. The number of ether oxygens (including phenoxy) is 3. The van der Waals surface area contributed by atoms with E-state index in [1.807, 2.05) is 0 Å². The highest BCUT2D eigenvalue weighted by Crippen LogP contribution is 2.58. The molecule has 4 aliphatic heterocycles. The lowest BCUT2D eigenvalue weighted by Gasteiger charge is -2.37. The number of hydrogen-bond donors (Lipinski definition) is 2. The molecule has 4 fully saturated rings. The lowest BCUT2D eigenvalue weighted by Crippen LogP contribution is -2.57. The molecule has 4 aliphatic rings. The lowest BCUT2D eigenvalue weighted by atomic mass is 9.70. The fraction of sp³-hybridized carbons (Fsp3) is 0.733. The molecule has 234 valence electrons. The van der Waals surface area contributed by atoms with E-state index in [1.165, 1.54) is 4.90 Å². The maximum Gasteiger partial charge on any atom is 0.312 e. The van der Waals surface area contributed by atoms with Gasteiger partial charge in [-0.1, -0.05) is 12.2 Å². The first-order valence-corrected chi connectivity index (χ1v) is 15.1. The quantitative estimate of drug-likeness (QED) is 0.189. The van der Waals surface area contributed by atoms with E-state index in [0.29, 0.717) is 65.0 Å². The van der Waals surface area contributed by atoms with Gasteiger partial charge in [0.05, 0.1) is 37.7 Å². The van der Waals surface area contributed by atoms with Crippen molar-refractivity contribution in [2.75, 3.05) is 65.6 Å². The van der Waals surface area contributed by atoms with E-state index in [2.05, 4.69) is 23.4 Å². The summed E-state index contributed by atoms with van der Waals surface area (Å²) in [6.45, 7) is 13.6. The van der Waals surface area contributed by atoms with Gasteiger partial charge >= 0.3 is 5.97 Å². The molecule has 2 N–H and O–H groups in total. The Kier molecular flexibility index (Phi) is 11.2. The Morgan fingerprint density at radius 3 is 2.69 bits per heavy atom. The molecule has 4 rings (SSSR count). The van der Waals surface area contributed by atoms with Crippen LogP contribution in [0.3, 0.4) is 0 Å². The molecule has 6 atom stereocenters. The summed E-state index contributed by atoms with van der Waals surface area (Å²) >= 11 is 0. The van der Waals surface area contributed by atoms with Crippen LogP contribution in [0.25, 0.3) is 0 Å². The molecule has 12 heteroatoms. The van der Waals surface area contributed by atoms with Crippen molar-refractivity contribution >= 4 is 23.7 Å². The molecule has 0 radical (unpaired) electrons. The number of aliphatic hydroxyl groups is 1. The SMILES string of the molecule is C=CCCC(=O)NC[C@@H](C)OC(=O)[C@@H]1[C@@H]2CC[C@]3(O2)[C@H](C(=O)N(CC=C)CCN2CCOCC2)N(CCCO)C(=O)[C@@H]13. The first-order valence-electron chi connectivity index (χ1n) is 15.1. The predicted octanol–water partition coefficient (Wildman–Crippen LogP) is 0.104. The average Bonchev–Trinajstić information content (AvgIpc) is 3.63. The summed E-state index contributed by atoms with van der Waals surface area (Å²) in [6.07, 6.45) is 4.36. The molecule has 1 spiro atoms. The van der Waals surface area contributed by atoms with E-state index in [-0.39, 0.29) is 37.4 Å². The number of nitrogens with one attached hydrogen (secondary N) is 1. The second-order valence-electron chi connectivity index (χ2n) is 11.6. The highest BCUT2D eigenvalue weighted by molar-refractivity contribution is 5.98. The van der Waals surface area contributed by atoms with Crippen molar-refractivity contribution in [1.29, 1.82) is 0 Å². The highest BCUT2D eigenvalue weighted by atomic mass is 16.6. The number of carbonyl (C=O) groups is 4. The molecule has 2 bridgehead atoms. The van der Waals surface area contributed by atoms with Crippen LogP contribution in [0.2, 0.25) is 0 Å². The number of nitrogens with zero attached hydrogens (tertiary/aromatic N) is 3. The zero-order valence-electron chi connectivity index (χ0n) is 24.7. The summed E-state index contributed by atoms with van der Waals surface area (Å²) in [7, 11) is 0. The molecule has 12 nitrogen and oxygen atoms in total. The van der Waals surface area contributed by atoms with Crippen LogP contribution in [-0.4, -0.2) is 133 Å². The molecule has 42 heavy (non-hydrogen) atoms. The summed E-state index contributed by atoms with van der Waals surface area (Å²) in [6, 6.07) is -0.907. The lowest BCUT2D eigenvalue weighted by molar-refractivity contribution is -0.159.